The van der Waals surface area contributed by atoms with Gasteiger partial charge in [-0.15, -0.1) is 0 Å². The summed E-state index contributed by atoms with van der Waals surface area (Å²) < 4.78 is 0. The minimum Gasteiger partial charge on any atom is -0.265 e. The summed E-state index contributed by atoms with van der Waals surface area (Å²) in [7, 11) is 0. The number of nitrogens with zero attached hydrogens (tertiary/aromatic N) is 1. The smallest absolute Gasteiger partial charge is 0.0291 e. The maximum atomic E-state index is 3.98. The first-order valence-electron chi connectivity index (χ1n) is 2.95. The van der Waals surface area contributed by atoms with Crippen LogP contribution in [0, 0.1) is 0 Å². The molecule has 0 atom stereocenters. The van der Waals surface area contributed by atoms with Crippen molar-refractivity contribution in [1.29, 1.82) is 0 Å². The van der Waals surface area contributed by atoms with E-state index in [4.69, 9.17) is 0 Å². The van der Waals surface area contributed by atoms with Crippen LogP contribution in [0.25, 0.3) is 0 Å². The zero-order valence-corrected chi connectivity index (χ0v) is 6.31. The molecule has 0 aliphatic carbocycles. The second-order valence-corrected chi connectivity index (χ2v) is 2.33. The van der Waals surface area contributed by atoms with Gasteiger partial charge in [-0.2, -0.15) is 0 Å². The molecule has 0 aliphatic rings. The Balaban J connectivity index is 3.74. The molecule has 50 valence electrons. The van der Waals surface area contributed by atoms with E-state index in [0.29, 0.717) is 0 Å². The molecule has 0 fully saturated rings. The molecule has 1 heteroatoms. The van der Waals surface area contributed by atoms with Gasteiger partial charge in [0.05, 0.1) is 0 Å². The van der Waals surface area contributed by atoms with E-state index in [2.05, 4.69) is 11.6 Å². The molecule has 0 radical (unpaired) electrons. The standard InChI is InChI=1S/C8H13N/c1-7(2)5-9-6-8(3)4/h5-6H,1H2,2-4H3. The second kappa shape index (κ2) is 4.07. The lowest BCUT2D eigenvalue weighted by atomic mass is 10.4. The lowest BCUT2D eigenvalue weighted by Crippen LogP contribution is -1.70. The van der Waals surface area contributed by atoms with Gasteiger partial charge in [0.2, 0.25) is 0 Å². The highest BCUT2D eigenvalue weighted by molar-refractivity contribution is 5.77. The van der Waals surface area contributed by atoms with E-state index in [1.807, 2.05) is 27.0 Å². The number of hydrogen-bond donors (Lipinski definition) is 0. The molecule has 1 nitrogen and oxygen atoms in total. The summed E-state index contributed by atoms with van der Waals surface area (Å²) in [4.78, 5) is 3.98. The van der Waals surface area contributed by atoms with Gasteiger partial charge in [-0.3, -0.25) is 4.99 Å². The zero-order valence-electron chi connectivity index (χ0n) is 6.31. The van der Waals surface area contributed by atoms with E-state index < -0.39 is 0 Å². The number of allylic oxidation sites excluding steroid dienone is 2. The maximum Gasteiger partial charge on any atom is 0.0291 e. The van der Waals surface area contributed by atoms with Crippen LogP contribution in [0.1, 0.15) is 20.8 Å². The summed E-state index contributed by atoms with van der Waals surface area (Å²) in [5.74, 6) is 0. The highest BCUT2D eigenvalue weighted by Gasteiger charge is 1.72. The van der Waals surface area contributed by atoms with Crippen molar-refractivity contribution in [3.63, 3.8) is 0 Å². The Bertz CT molecular complexity index is 148. The molecule has 0 saturated carbocycles. The van der Waals surface area contributed by atoms with Gasteiger partial charge in [0.25, 0.3) is 0 Å². The Labute approximate surface area is 56.8 Å². The molecule has 0 rings (SSSR count). The van der Waals surface area contributed by atoms with Gasteiger partial charge in [-0.25, -0.2) is 0 Å². The first-order chi connectivity index (χ1) is 4.13. The van der Waals surface area contributed by atoms with E-state index in [1.54, 1.807) is 6.21 Å². The Morgan fingerprint density at radius 3 is 2.22 bits per heavy atom. The van der Waals surface area contributed by atoms with Crippen LogP contribution in [0.15, 0.2) is 28.9 Å². The molecular weight excluding hydrogens is 110 g/mol. The third kappa shape index (κ3) is 7.15. The number of hydrogen-bond acceptors (Lipinski definition) is 1. The summed E-state index contributed by atoms with van der Waals surface area (Å²) >= 11 is 0. The van der Waals surface area contributed by atoms with Crippen molar-refractivity contribution in [3.05, 3.63) is 23.9 Å². The van der Waals surface area contributed by atoms with Crippen LogP contribution in [0.3, 0.4) is 0 Å². The molecule has 0 aromatic carbocycles. The van der Waals surface area contributed by atoms with Gasteiger partial charge < -0.3 is 0 Å². The molecule has 0 heterocycles. The summed E-state index contributed by atoms with van der Waals surface area (Å²) in [5.41, 5.74) is 2.18. The molecule has 0 N–H and O–H groups in total. The van der Waals surface area contributed by atoms with Crippen molar-refractivity contribution in [1.82, 2.24) is 0 Å². The minimum atomic E-state index is 0.979. The molecular formula is C8H13N. The van der Waals surface area contributed by atoms with Crippen molar-refractivity contribution in [2.24, 2.45) is 4.99 Å². The highest BCUT2D eigenvalue weighted by atomic mass is 14.7. The van der Waals surface area contributed by atoms with Crippen molar-refractivity contribution in [2.75, 3.05) is 0 Å². The van der Waals surface area contributed by atoms with Crippen molar-refractivity contribution < 1.29 is 0 Å². The van der Waals surface area contributed by atoms with Gasteiger partial charge in [0.15, 0.2) is 0 Å². The fourth-order valence-corrected chi connectivity index (χ4v) is 0.314. The normalized spacial score (nSPS) is 9.67. The van der Waals surface area contributed by atoms with Gasteiger partial charge in [-0.05, 0) is 26.3 Å². The lowest BCUT2D eigenvalue weighted by molar-refractivity contribution is 1.34. The first-order valence-corrected chi connectivity index (χ1v) is 2.95. The van der Waals surface area contributed by atoms with Crippen LogP contribution in [-0.2, 0) is 0 Å². The van der Waals surface area contributed by atoms with E-state index in [0.717, 1.165) is 5.57 Å². The molecule has 9 heavy (non-hydrogen) atoms. The van der Waals surface area contributed by atoms with E-state index in [-0.39, 0.29) is 0 Å². The van der Waals surface area contributed by atoms with E-state index >= 15 is 0 Å². The summed E-state index contributed by atoms with van der Waals surface area (Å²) in [6.07, 6.45) is 3.56. The summed E-state index contributed by atoms with van der Waals surface area (Å²) in [6.45, 7) is 9.61. The highest BCUT2D eigenvalue weighted by Crippen LogP contribution is 1.88. The SMILES string of the molecule is C=C(C)C=NC=C(C)C. The van der Waals surface area contributed by atoms with E-state index in [9.17, 15) is 0 Å². The summed E-state index contributed by atoms with van der Waals surface area (Å²) in [5, 5.41) is 0. The van der Waals surface area contributed by atoms with Crippen LogP contribution >= 0.6 is 0 Å². The number of aliphatic imine (C=N–C) groups is 1. The molecule has 0 unspecified atom stereocenters. The van der Waals surface area contributed by atoms with Gasteiger partial charge >= 0.3 is 0 Å². The van der Waals surface area contributed by atoms with Gasteiger partial charge in [0, 0.05) is 12.4 Å². The Morgan fingerprint density at radius 2 is 1.89 bits per heavy atom. The average molecular weight is 123 g/mol. The molecule has 0 amide bonds. The quantitative estimate of drug-likeness (QED) is 0.500. The topological polar surface area (TPSA) is 12.4 Å². The second-order valence-electron chi connectivity index (χ2n) is 2.33. The minimum absolute atomic E-state index is 0.979. The van der Waals surface area contributed by atoms with Gasteiger partial charge in [0.1, 0.15) is 0 Å². The molecule has 0 saturated heterocycles. The fraction of sp³-hybridized carbons (Fsp3) is 0.375. The number of rotatable bonds is 2. The predicted molar refractivity (Wildman–Crippen MR) is 42.7 cm³/mol. The van der Waals surface area contributed by atoms with Crippen LogP contribution in [0.4, 0.5) is 0 Å². The maximum absolute atomic E-state index is 3.98. The van der Waals surface area contributed by atoms with Crippen LogP contribution in [0.5, 0.6) is 0 Å². The van der Waals surface area contributed by atoms with Gasteiger partial charge in [-0.1, -0.05) is 12.2 Å². The Kier molecular flexibility index (Phi) is 3.69. The van der Waals surface area contributed by atoms with Crippen molar-refractivity contribution in [2.45, 2.75) is 20.8 Å². The van der Waals surface area contributed by atoms with E-state index in [1.165, 1.54) is 5.57 Å². The van der Waals surface area contributed by atoms with Crippen LogP contribution < -0.4 is 0 Å². The zero-order chi connectivity index (χ0) is 7.28. The third-order valence-corrected chi connectivity index (χ3v) is 0.628. The largest absolute Gasteiger partial charge is 0.265 e. The van der Waals surface area contributed by atoms with Crippen LogP contribution in [0.2, 0.25) is 0 Å². The Morgan fingerprint density at radius 1 is 1.33 bits per heavy atom. The van der Waals surface area contributed by atoms with Crippen LogP contribution in [-0.4, -0.2) is 6.21 Å². The molecule has 0 bridgehead atoms. The van der Waals surface area contributed by atoms with Crippen molar-refractivity contribution >= 4 is 6.21 Å². The molecule has 0 spiro atoms. The average Bonchev–Trinajstić information content (AvgIpc) is 1.63. The molecule has 0 aromatic rings. The first kappa shape index (κ1) is 8.15. The fourth-order valence-electron chi connectivity index (χ4n) is 0.314. The third-order valence-electron chi connectivity index (χ3n) is 0.628. The summed E-state index contributed by atoms with van der Waals surface area (Å²) in [6, 6.07) is 0. The molecule has 0 aromatic heterocycles. The predicted octanol–water partition coefficient (Wildman–Crippen LogP) is 2.56. The Hall–Kier alpha value is -0.850. The monoisotopic (exact) mass is 123 g/mol. The van der Waals surface area contributed by atoms with Crippen molar-refractivity contribution in [3.8, 4) is 0 Å². The lowest BCUT2D eigenvalue weighted by Gasteiger charge is -1.82. The molecule has 0 aliphatic heterocycles.